The van der Waals surface area contributed by atoms with Crippen LogP contribution in [0.15, 0.2) is 18.3 Å². The number of amides is 1. The lowest BCUT2D eigenvalue weighted by Gasteiger charge is -2.24. The molecule has 2 aromatic heterocycles. The van der Waals surface area contributed by atoms with Crippen LogP contribution in [0, 0.1) is 18.7 Å². The van der Waals surface area contributed by atoms with Crippen molar-refractivity contribution in [2.45, 2.75) is 46.2 Å². The maximum absolute atomic E-state index is 13.1. The third kappa shape index (κ3) is 3.54. The van der Waals surface area contributed by atoms with E-state index in [9.17, 15) is 9.18 Å². The van der Waals surface area contributed by atoms with Crippen molar-refractivity contribution < 1.29 is 9.18 Å². The van der Waals surface area contributed by atoms with E-state index >= 15 is 0 Å². The maximum atomic E-state index is 13.1. The molecule has 25 heavy (non-hydrogen) atoms. The number of carbonyl (C=O) groups is 1. The van der Waals surface area contributed by atoms with Gasteiger partial charge in [-0.05, 0) is 37.8 Å². The first-order valence-electron chi connectivity index (χ1n) is 8.53. The van der Waals surface area contributed by atoms with Crippen LogP contribution in [0.2, 0.25) is 5.15 Å². The highest BCUT2D eigenvalue weighted by molar-refractivity contribution is 6.30. The van der Waals surface area contributed by atoms with Crippen molar-refractivity contribution in [3.63, 3.8) is 0 Å². The standard InChI is InChI=1S/C18H22ClFN4O/c1-11(2)10-24-17(19)16(12(3)22-24)15-5-4-8-23(15)18(25)14-7-6-13(20)9-21-14/h6-7,9,11,15H,4-5,8,10H2,1-3H3/t15-/m1/s1. The molecule has 0 bridgehead atoms. The van der Waals surface area contributed by atoms with E-state index in [0.717, 1.165) is 36.8 Å². The first kappa shape index (κ1) is 17.9. The third-order valence-corrected chi connectivity index (χ3v) is 4.84. The summed E-state index contributed by atoms with van der Waals surface area (Å²) in [5.41, 5.74) is 2.01. The number of halogens is 2. The van der Waals surface area contributed by atoms with Gasteiger partial charge in [-0.15, -0.1) is 0 Å². The summed E-state index contributed by atoms with van der Waals surface area (Å²) in [7, 11) is 0. The molecule has 1 saturated heterocycles. The van der Waals surface area contributed by atoms with E-state index in [1.165, 1.54) is 12.1 Å². The van der Waals surface area contributed by atoms with E-state index < -0.39 is 5.82 Å². The largest absolute Gasteiger partial charge is 0.330 e. The minimum Gasteiger partial charge on any atom is -0.330 e. The highest BCUT2D eigenvalue weighted by atomic mass is 35.5. The Morgan fingerprint density at radius 1 is 1.44 bits per heavy atom. The van der Waals surface area contributed by atoms with Gasteiger partial charge in [0, 0.05) is 18.7 Å². The van der Waals surface area contributed by atoms with Gasteiger partial charge in [0.05, 0.1) is 17.9 Å². The molecule has 0 unspecified atom stereocenters. The molecule has 3 rings (SSSR count). The second-order valence-electron chi connectivity index (χ2n) is 6.88. The number of hydrogen-bond donors (Lipinski definition) is 0. The molecule has 0 radical (unpaired) electrons. The minimum absolute atomic E-state index is 0.118. The molecular formula is C18H22ClFN4O. The molecule has 5 nitrogen and oxygen atoms in total. The predicted molar refractivity (Wildman–Crippen MR) is 94.0 cm³/mol. The number of rotatable bonds is 4. The molecule has 0 spiro atoms. The monoisotopic (exact) mass is 364 g/mol. The van der Waals surface area contributed by atoms with Crippen LogP contribution >= 0.6 is 11.6 Å². The highest BCUT2D eigenvalue weighted by Crippen LogP contribution is 2.38. The zero-order chi connectivity index (χ0) is 18.1. The number of hydrogen-bond acceptors (Lipinski definition) is 3. The third-order valence-electron chi connectivity index (χ3n) is 4.44. The molecule has 3 heterocycles. The summed E-state index contributed by atoms with van der Waals surface area (Å²) in [4.78, 5) is 18.5. The fraction of sp³-hybridized carbons (Fsp3) is 0.500. The second kappa shape index (κ2) is 7.12. The molecule has 1 fully saturated rings. The zero-order valence-electron chi connectivity index (χ0n) is 14.7. The first-order valence-corrected chi connectivity index (χ1v) is 8.91. The van der Waals surface area contributed by atoms with Gasteiger partial charge in [0.25, 0.3) is 5.91 Å². The fourth-order valence-electron chi connectivity index (χ4n) is 3.37. The molecule has 1 aliphatic rings. The van der Waals surface area contributed by atoms with Crippen molar-refractivity contribution in [3.05, 3.63) is 46.3 Å². The van der Waals surface area contributed by atoms with Crippen molar-refractivity contribution in [2.24, 2.45) is 5.92 Å². The topological polar surface area (TPSA) is 51.0 Å². The van der Waals surface area contributed by atoms with Gasteiger partial charge in [0.2, 0.25) is 0 Å². The van der Waals surface area contributed by atoms with Gasteiger partial charge in [0.15, 0.2) is 0 Å². The Morgan fingerprint density at radius 2 is 2.20 bits per heavy atom. The van der Waals surface area contributed by atoms with Gasteiger partial charge in [-0.25, -0.2) is 9.37 Å². The van der Waals surface area contributed by atoms with E-state index in [1.807, 2.05) is 11.6 Å². The summed E-state index contributed by atoms with van der Waals surface area (Å²) < 4.78 is 14.9. The summed E-state index contributed by atoms with van der Waals surface area (Å²) in [6, 6.07) is 2.56. The molecule has 2 aromatic rings. The van der Waals surface area contributed by atoms with Crippen molar-refractivity contribution in [1.29, 1.82) is 0 Å². The molecule has 134 valence electrons. The Hall–Kier alpha value is -1.95. The van der Waals surface area contributed by atoms with Crippen molar-refractivity contribution in [1.82, 2.24) is 19.7 Å². The SMILES string of the molecule is Cc1nn(CC(C)C)c(Cl)c1[C@H]1CCCN1C(=O)c1ccc(F)cn1. The van der Waals surface area contributed by atoms with Crippen molar-refractivity contribution in [3.8, 4) is 0 Å². The Morgan fingerprint density at radius 3 is 2.84 bits per heavy atom. The van der Waals surface area contributed by atoms with E-state index in [2.05, 4.69) is 23.9 Å². The highest BCUT2D eigenvalue weighted by Gasteiger charge is 2.35. The number of nitrogens with zero attached hydrogens (tertiary/aromatic N) is 4. The van der Waals surface area contributed by atoms with Gasteiger partial charge in [-0.2, -0.15) is 5.10 Å². The van der Waals surface area contributed by atoms with Crippen LogP contribution in [0.5, 0.6) is 0 Å². The van der Waals surface area contributed by atoms with Crippen LogP contribution in [0.1, 0.15) is 54.5 Å². The molecule has 1 amide bonds. The smallest absolute Gasteiger partial charge is 0.272 e. The quantitative estimate of drug-likeness (QED) is 0.823. The Balaban J connectivity index is 1.90. The molecule has 0 aromatic carbocycles. The summed E-state index contributed by atoms with van der Waals surface area (Å²) in [5, 5.41) is 5.15. The summed E-state index contributed by atoms with van der Waals surface area (Å²) in [6.07, 6.45) is 2.79. The lowest BCUT2D eigenvalue weighted by Crippen LogP contribution is -2.31. The van der Waals surface area contributed by atoms with Gasteiger partial charge in [-0.3, -0.25) is 9.48 Å². The summed E-state index contributed by atoms with van der Waals surface area (Å²) in [6.45, 7) is 7.51. The van der Waals surface area contributed by atoms with E-state index in [4.69, 9.17) is 11.6 Å². The number of carbonyl (C=O) groups excluding carboxylic acids is 1. The Labute approximate surface area is 151 Å². The summed E-state index contributed by atoms with van der Waals surface area (Å²) >= 11 is 6.59. The molecule has 0 saturated carbocycles. The number of pyridine rings is 1. The van der Waals surface area contributed by atoms with Crippen LogP contribution in [0.4, 0.5) is 4.39 Å². The Kier molecular flexibility index (Phi) is 5.08. The van der Waals surface area contributed by atoms with Gasteiger partial charge < -0.3 is 4.90 Å². The fourth-order valence-corrected chi connectivity index (χ4v) is 3.74. The predicted octanol–water partition coefficient (Wildman–Crippen LogP) is 4.01. The van der Waals surface area contributed by atoms with Crippen LogP contribution in [-0.2, 0) is 6.54 Å². The van der Waals surface area contributed by atoms with E-state index in [-0.39, 0.29) is 17.6 Å². The number of aromatic nitrogens is 3. The van der Waals surface area contributed by atoms with Gasteiger partial charge >= 0.3 is 0 Å². The lowest BCUT2D eigenvalue weighted by molar-refractivity contribution is 0.0729. The number of likely N-dealkylation sites (tertiary alicyclic amines) is 1. The van der Waals surface area contributed by atoms with Gasteiger partial charge in [0.1, 0.15) is 16.7 Å². The van der Waals surface area contributed by atoms with Crippen LogP contribution in [0.25, 0.3) is 0 Å². The Bertz CT molecular complexity index is 772. The number of aryl methyl sites for hydroxylation is 1. The normalized spacial score (nSPS) is 17.5. The minimum atomic E-state index is -0.455. The summed E-state index contributed by atoms with van der Waals surface area (Å²) in [5.74, 6) is -0.229. The molecule has 1 aliphatic heterocycles. The average Bonchev–Trinajstić information content (AvgIpc) is 3.12. The van der Waals surface area contributed by atoms with Crippen LogP contribution < -0.4 is 0 Å². The van der Waals surface area contributed by atoms with Crippen LogP contribution in [0.3, 0.4) is 0 Å². The molecule has 0 N–H and O–H groups in total. The molecular weight excluding hydrogens is 343 g/mol. The average molecular weight is 365 g/mol. The van der Waals surface area contributed by atoms with Crippen LogP contribution in [-0.4, -0.2) is 32.1 Å². The van der Waals surface area contributed by atoms with E-state index in [0.29, 0.717) is 17.6 Å². The molecule has 7 heteroatoms. The van der Waals surface area contributed by atoms with Gasteiger partial charge in [-0.1, -0.05) is 25.4 Å². The van der Waals surface area contributed by atoms with Crippen molar-refractivity contribution in [2.75, 3.05) is 6.54 Å². The molecule has 0 aliphatic carbocycles. The van der Waals surface area contributed by atoms with Crippen molar-refractivity contribution >= 4 is 17.5 Å². The lowest BCUT2D eigenvalue weighted by atomic mass is 10.1. The van der Waals surface area contributed by atoms with E-state index in [1.54, 1.807) is 4.90 Å². The zero-order valence-corrected chi connectivity index (χ0v) is 15.4. The first-order chi connectivity index (χ1) is 11.9. The molecule has 1 atom stereocenters. The maximum Gasteiger partial charge on any atom is 0.272 e. The second-order valence-corrected chi connectivity index (χ2v) is 7.24.